The van der Waals surface area contributed by atoms with Crippen LogP contribution in [0, 0.1) is 20.8 Å². The first-order valence-electron chi connectivity index (χ1n) is 14.6. The van der Waals surface area contributed by atoms with Crippen LogP contribution < -0.4 is 5.32 Å². The lowest BCUT2D eigenvalue weighted by molar-refractivity contribution is -0.143. The summed E-state index contributed by atoms with van der Waals surface area (Å²) in [5, 5.41) is 12.4. The van der Waals surface area contributed by atoms with Gasteiger partial charge < -0.3 is 15.1 Å². The van der Waals surface area contributed by atoms with Crippen molar-refractivity contribution in [3.05, 3.63) is 65.0 Å². The number of nitrogens with zero attached hydrogens (tertiary/aromatic N) is 7. The lowest BCUT2D eigenvalue weighted by Crippen LogP contribution is -2.53. The van der Waals surface area contributed by atoms with Gasteiger partial charge in [-0.25, -0.2) is 9.67 Å². The summed E-state index contributed by atoms with van der Waals surface area (Å²) in [6.45, 7) is 7.65. The summed E-state index contributed by atoms with van der Waals surface area (Å²) in [5.74, 6) is 1.01. The topological polar surface area (TPSA) is 118 Å². The van der Waals surface area contributed by atoms with E-state index in [4.69, 9.17) is 4.98 Å². The van der Waals surface area contributed by atoms with E-state index < -0.39 is 12.1 Å². The predicted octanol–water partition coefficient (Wildman–Crippen LogP) is 2.50. The first-order valence-corrected chi connectivity index (χ1v) is 14.6. The molecule has 41 heavy (non-hydrogen) atoms. The molecule has 1 N–H and O–H groups in total. The van der Waals surface area contributed by atoms with Crippen molar-refractivity contribution in [2.45, 2.75) is 84.5 Å². The number of carbonyl (C=O) groups excluding carboxylic acids is 3. The van der Waals surface area contributed by atoms with Crippen molar-refractivity contribution < 1.29 is 14.4 Å². The number of nitrogens with one attached hydrogen (secondary N) is 1. The Morgan fingerprint density at radius 3 is 2.54 bits per heavy atom. The first-order chi connectivity index (χ1) is 19.8. The molecule has 5 rings (SSSR count). The zero-order chi connectivity index (χ0) is 28.9. The van der Waals surface area contributed by atoms with E-state index in [1.807, 2.05) is 61.9 Å². The minimum atomic E-state index is -0.515. The zero-order valence-electron chi connectivity index (χ0n) is 24.3. The molecule has 0 saturated carbocycles. The van der Waals surface area contributed by atoms with Crippen molar-refractivity contribution in [1.82, 2.24) is 39.7 Å². The molecule has 0 spiro atoms. The van der Waals surface area contributed by atoms with E-state index in [1.165, 1.54) is 0 Å². The maximum Gasteiger partial charge on any atom is 0.244 e. The summed E-state index contributed by atoms with van der Waals surface area (Å²) in [6.07, 6.45) is 3.75. The fourth-order valence-electron chi connectivity index (χ4n) is 5.93. The van der Waals surface area contributed by atoms with Crippen molar-refractivity contribution >= 4 is 17.7 Å². The third-order valence-electron chi connectivity index (χ3n) is 7.98. The Hall–Kier alpha value is -4.02. The van der Waals surface area contributed by atoms with Gasteiger partial charge in [0.1, 0.15) is 24.2 Å². The van der Waals surface area contributed by atoms with Gasteiger partial charge in [-0.3, -0.25) is 19.1 Å². The van der Waals surface area contributed by atoms with Crippen LogP contribution in [0.2, 0.25) is 0 Å². The Balaban J connectivity index is 1.46. The summed E-state index contributed by atoms with van der Waals surface area (Å²) >= 11 is 0. The molecule has 1 aromatic carbocycles. The smallest absolute Gasteiger partial charge is 0.244 e. The van der Waals surface area contributed by atoms with E-state index in [2.05, 4.69) is 15.5 Å². The Bertz CT molecular complexity index is 1380. The molecule has 0 bridgehead atoms. The van der Waals surface area contributed by atoms with E-state index in [9.17, 15) is 14.4 Å². The fourth-order valence-corrected chi connectivity index (χ4v) is 5.93. The molecular weight excluding hydrogens is 520 g/mol. The van der Waals surface area contributed by atoms with Crippen LogP contribution >= 0.6 is 0 Å². The van der Waals surface area contributed by atoms with Crippen molar-refractivity contribution in [3.63, 3.8) is 0 Å². The van der Waals surface area contributed by atoms with Crippen molar-refractivity contribution in [2.75, 3.05) is 19.6 Å². The van der Waals surface area contributed by atoms with Gasteiger partial charge in [0.05, 0.1) is 18.3 Å². The zero-order valence-corrected chi connectivity index (χ0v) is 24.3. The number of hydrogen-bond acceptors (Lipinski definition) is 6. The second kappa shape index (κ2) is 12.7. The molecular formula is C30H40N8O3. The number of aromatic nitrogens is 5. The summed E-state index contributed by atoms with van der Waals surface area (Å²) in [7, 11) is 0. The Labute approximate surface area is 240 Å². The van der Waals surface area contributed by atoms with Gasteiger partial charge in [0.25, 0.3) is 0 Å². The molecule has 11 nitrogen and oxygen atoms in total. The molecule has 11 heteroatoms. The molecule has 0 aliphatic carbocycles. The number of benzene rings is 1. The Morgan fingerprint density at radius 1 is 0.976 bits per heavy atom. The lowest BCUT2D eigenvalue weighted by atomic mass is 9.99. The molecule has 218 valence electrons. The number of aryl methyl sites for hydroxylation is 3. The number of hydrogen-bond donors (Lipinski definition) is 1. The highest BCUT2D eigenvalue weighted by Crippen LogP contribution is 2.23. The second-order valence-corrected chi connectivity index (χ2v) is 11.2. The van der Waals surface area contributed by atoms with Gasteiger partial charge in [-0.15, -0.1) is 0 Å². The van der Waals surface area contributed by atoms with Gasteiger partial charge in [0.15, 0.2) is 0 Å². The summed E-state index contributed by atoms with van der Waals surface area (Å²) in [5.41, 5.74) is 2.86. The average molecular weight is 561 g/mol. The summed E-state index contributed by atoms with van der Waals surface area (Å²) in [6, 6.07) is 11.0. The van der Waals surface area contributed by atoms with Crippen molar-refractivity contribution in [1.29, 1.82) is 0 Å². The molecule has 3 amide bonds. The van der Waals surface area contributed by atoms with Gasteiger partial charge in [0, 0.05) is 31.7 Å². The van der Waals surface area contributed by atoms with Gasteiger partial charge in [0.2, 0.25) is 17.7 Å². The first kappa shape index (κ1) is 28.5. The molecule has 2 aliphatic heterocycles. The standard InChI is InChI=1S/C30H40N8O3/c1-21-18-22(2)38(33-21)20-28(40)35-14-9-13-27(39)36-15-8-7-12-26(36)30(41)32-25(19-24-10-5-4-6-11-24)29-31-23(3)34-37(29)17-16-35/h4-6,10-11,18,25-26H,7-9,12-17,19-20H2,1-3H3,(H,32,41)/t25-,26+/m1/s1. The highest BCUT2D eigenvalue weighted by Gasteiger charge is 2.34. The number of amides is 3. The van der Waals surface area contributed by atoms with E-state index >= 15 is 0 Å². The molecule has 4 heterocycles. The monoisotopic (exact) mass is 560 g/mol. The van der Waals surface area contributed by atoms with Gasteiger partial charge >= 0.3 is 0 Å². The van der Waals surface area contributed by atoms with Gasteiger partial charge in [-0.1, -0.05) is 30.3 Å². The van der Waals surface area contributed by atoms with Crippen LogP contribution in [0.5, 0.6) is 0 Å². The Kier molecular flexibility index (Phi) is 8.80. The van der Waals surface area contributed by atoms with E-state index in [1.54, 1.807) is 14.5 Å². The van der Waals surface area contributed by atoms with E-state index in [-0.39, 0.29) is 30.7 Å². The minimum Gasteiger partial charge on any atom is -0.344 e. The predicted molar refractivity (Wildman–Crippen MR) is 153 cm³/mol. The summed E-state index contributed by atoms with van der Waals surface area (Å²) < 4.78 is 3.55. The number of rotatable bonds is 4. The quantitative estimate of drug-likeness (QED) is 0.524. The van der Waals surface area contributed by atoms with Gasteiger partial charge in [-0.2, -0.15) is 10.2 Å². The van der Waals surface area contributed by atoms with Crippen LogP contribution in [-0.4, -0.2) is 77.7 Å². The molecule has 0 unspecified atom stereocenters. The van der Waals surface area contributed by atoms with Crippen LogP contribution in [0.4, 0.5) is 0 Å². The largest absolute Gasteiger partial charge is 0.344 e. The lowest BCUT2D eigenvalue weighted by Gasteiger charge is -2.36. The summed E-state index contributed by atoms with van der Waals surface area (Å²) in [4.78, 5) is 48.9. The molecule has 1 fully saturated rings. The van der Waals surface area contributed by atoms with Crippen molar-refractivity contribution in [2.24, 2.45) is 0 Å². The normalized spacial score (nSPS) is 20.7. The van der Waals surface area contributed by atoms with Crippen LogP contribution in [-0.2, 0) is 33.9 Å². The molecule has 0 radical (unpaired) electrons. The van der Waals surface area contributed by atoms with E-state index in [0.717, 1.165) is 29.8 Å². The van der Waals surface area contributed by atoms with Crippen LogP contribution in [0.25, 0.3) is 0 Å². The molecule has 2 aromatic heterocycles. The molecule has 1 saturated heterocycles. The third kappa shape index (κ3) is 6.83. The van der Waals surface area contributed by atoms with Crippen LogP contribution in [0.1, 0.15) is 66.7 Å². The molecule has 2 atom stereocenters. The molecule has 2 aliphatic rings. The van der Waals surface area contributed by atoms with Gasteiger partial charge in [-0.05, 0) is 64.5 Å². The van der Waals surface area contributed by atoms with Crippen LogP contribution in [0.3, 0.4) is 0 Å². The second-order valence-electron chi connectivity index (χ2n) is 11.2. The SMILES string of the molecule is Cc1cc(C)n(CC(=O)N2CCCC(=O)N3CCCC[C@H]3C(=O)N[C@H](Cc3ccccc3)c3nc(C)nn3CC2)n1. The number of piperidine rings is 1. The van der Waals surface area contributed by atoms with Crippen molar-refractivity contribution in [3.8, 4) is 0 Å². The van der Waals surface area contributed by atoms with Crippen LogP contribution in [0.15, 0.2) is 36.4 Å². The number of fused-ring (bicyclic) bond motifs is 2. The average Bonchev–Trinajstić information content (AvgIpc) is 3.49. The third-order valence-corrected chi connectivity index (χ3v) is 7.98. The Morgan fingerprint density at radius 2 is 1.78 bits per heavy atom. The highest BCUT2D eigenvalue weighted by atomic mass is 16.2. The maximum absolute atomic E-state index is 13.7. The minimum absolute atomic E-state index is 0.0357. The van der Waals surface area contributed by atoms with E-state index in [0.29, 0.717) is 57.1 Å². The highest BCUT2D eigenvalue weighted by molar-refractivity contribution is 5.88. The fraction of sp³-hybridized carbons (Fsp3) is 0.533. The molecule has 3 aromatic rings. The number of carbonyl (C=O) groups is 3. The maximum atomic E-state index is 13.7.